The van der Waals surface area contributed by atoms with Crippen LogP contribution in [-0.2, 0) is 22.4 Å². The van der Waals surface area contributed by atoms with Gasteiger partial charge in [0.2, 0.25) is 0 Å². The molecule has 3 rings (SSSR count). The monoisotopic (exact) mass is 476 g/mol. The SMILES string of the molecule is CCc1ccc(O[C@H](C)CCOc2ccc(CCC(=O)OC)c(C)c2)c(C(O)c2ccccc2)c1. The van der Waals surface area contributed by atoms with Crippen molar-refractivity contribution in [2.24, 2.45) is 0 Å². The Morgan fingerprint density at radius 2 is 1.80 bits per heavy atom. The molecule has 186 valence electrons. The molecule has 0 heterocycles. The molecule has 0 amide bonds. The third-order valence-electron chi connectivity index (χ3n) is 6.15. The lowest BCUT2D eigenvalue weighted by molar-refractivity contribution is -0.140. The van der Waals surface area contributed by atoms with Crippen LogP contribution in [0.15, 0.2) is 66.7 Å². The molecule has 3 aromatic rings. The summed E-state index contributed by atoms with van der Waals surface area (Å²) < 4.78 is 16.9. The van der Waals surface area contributed by atoms with E-state index in [2.05, 4.69) is 6.92 Å². The van der Waals surface area contributed by atoms with Crippen molar-refractivity contribution >= 4 is 5.97 Å². The lowest BCUT2D eigenvalue weighted by atomic mass is 9.98. The summed E-state index contributed by atoms with van der Waals surface area (Å²) in [4.78, 5) is 11.4. The number of benzene rings is 3. The molecule has 0 aromatic heterocycles. The van der Waals surface area contributed by atoms with Crippen molar-refractivity contribution in [3.05, 3.63) is 94.5 Å². The van der Waals surface area contributed by atoms with Gasteiger partial charge in [-0.3, -0.25) is 4.79 Å². The number of ether oxygens (including phenoxy) is 3. The maximum absolute atomic E-state index is 11.4. The predicted molar refractivity (Wildman–Crippen MR) is 138 cm³/mol. The van der Waals surface area contributed by atoms with Gasteiger partial charge in [0.25, 0.3) is 0 Å². The smallest absolute Gasteiger partial charge is 0.305 e. The zero-order chi connectivity index (χ0) is 25.2. The summed E-state index contributed by atoms with van der Waals surface area (Å²) in [5, 5.41) is 11.0. The van der Waals surface area contributed by atoms with Crippen LogP contribution in [0.1, 0.15) is 60.6 Å². The fourth-order valence-electron chi connectivity index (χ4n) is 3.95. The number of carbonyl (C=O) groups excluding carboxylic acids is 1. The minimum atomic E-state index is -0.748. The Hall–Kier alpha value is -3.31. The number of aryl methyl sites for hydroxylation is 3. The van der Waals surface area contributed by atoms with E-state index in [1.54, 1.807) is 0 Å². The van der Waals surface area contributed by atoms with Gasteiger partial charge >= 0.3 is 5.97 Å². The van der Waals surface area contributed by atoms with Gasteiger partial charge in [0.1, 0.15) is 17.6 Å². The van der Waals surface area contributed by atoms with Gasteiger partial charge in [-0.05, 0) is 73.2 Å². The molecule has 35 heavy (non-hydrogen) atoms. The van der Waals surface area contributed by atoms with Crippen molar-refractivity contribution in [2.75, 3.05) is 13.7 Å². The summed E-state index contributed by atoms with van der Waals surface area (Å²) in [6, 6.07) is 21.6. The Labute approximate surface area is 208 Å². The number of carbonyl (C=O) groups is 1. The number of hydrogen-bond acceptors (Lipinski definition) is 5. The van der Waals surface area contributed by atoms with Gasteiger partial charge < -0.3 is 19.3 Å². The predicted octanol–water partition coefficient (Wildman–Crippen LogP) is 5.98. The minimum absolute atomic E-state index is 0.0929. The van der Waals surface area contributed by atoms with Crippen LogP contribution >= 0.6 is 0 Å². The highest BCUT2D eigenvalue weighted by Gasteiger charge is 2.18. The molecule has 2 atom stereocenters. The maximum atomic E-state index is 11.4. The molecule has 0 saturated carbocycles. The Morgan fingerprint density at radius 1 is 1.03 bits per heavy atom. The quantitative estimate of drug-likeness (QED) is 0.326. The van der Waals surface area contributed by atoms with E-state index in [0.717, 1.165) is 40.0 Å². The lowest BCUT2D eigenvalue weighted by Crippen LogP contribution is -2.17. The van der Waals surface area contributed by atoms with E-state index in [1.165, 1.54) is 7.11 Å². The van der Waals surface area contributed by atoms with Crippen LogP contribution < -0.4 is 9.47 Å². The van der Waals surface area contributed by atoms with Gasteiger partial charge in [0.15, 0.2) is 0 Å². The van der Waals surface area contributed by atoms with Crippen LogP contribution in [-0.4, -0.2) is 30.9 Å². The van der Waals surface area contributed by atoms with Crippen LogP contribution in [0.5, 0.6) is 11.5 Å². The van der Waals surface area contributed by atoms with Gasteiger partial charge in [0.05, 0.1) is 19.8 Å². The maximum Gasteiger partial charge on any atom is 0.305 e. The normalized spacial score (nSPS) is 12.6. The molecule has 0 spiro atoms. The second-order valence-electron chi connectivity index (χ2n) is 8.77. The number of rotatable bonds is 12. The number of methoxy groups -OCH3 is 1. The molecule has 1 N–H and O–H groups in total. The molecule has 0 saturated heterocycles. The van der Waals surface area contributed by atoms with Gasteiger partial charge in [-0.2, -0.15) is 0 Å². The van der Waals surface area contributed by atoms with E-state index >= 15 is 0 Å². The molecular formula is C30H36O5. The van der Waals surface area contributed by atoms with Crippen LogP contribution in [0.4, 0.5) is 0 Å². The Balaban J connectivity index is 1.58. The van der Waals surface area contributed by atoms with Crippen molar-refractivity contribution in [1.29, 1.82) is 0 Å². The van der Waals surface area contributed by atoms with E-state index < -0.39 is 6.10 Å². The van der Waals surface area contributed by atoms with E-state index in [-0.39, 0.29) is 12.1 Å². The molecule has 0 radical (unpaired) electrons. The van der Waals surface area contributed by atoms with Crippen molar-refractivity contribution in [3.8, 4) is 11.5 Å². The second-order valence-corrected chi connectivity index (χ2v) is 8.77. The first-order valence-corrected chi connectivity index (χ1v) is 12.2. The first-order valence-electron chi connectivity index (χ1n) is 12.2. The summed E-state index contributed by atoms with van der Waals surface area (Å²) >= 11 is 0. The zero-order valence-electron chi connectivity index (χ0n) is 21.1. The molecule has 0 aliphatic rings. The van der Waals surface area contributed by atoms with Gasteiger partial charge in [-0.15, -0.1) is 0 Å². The minimum Gasteiger partial charge on any atom is -0.493 e. The molecule has 5 heteroatoms. The van der Waals surface area contributed by atoms with E-state index in [1.807, 2.05) is 80.6 Å². The standard InChI is InChI=1S/C30H36O5/c1-5-23-11-15-28(27(20-23)30(32)25-9-7-6-8-10-25)35-22(3)17-18-34-26-14-12-24(21(2)19-26)13-16-29(31)33-4/h6-12,14-15,19-20,22,30,32H,5,13,16-18H2,1-4H3/t22-,30?/m1/s1. The van der Waals surface area contributed by atoms with Crippen molar-refractivity contribution in [3.63, 3.8) is 0 Å². The summed E-state index contributed by atoms with van der Waals surface area (Å²) in [6.45, 7) is 6.63. The molecule has 3 aromatic carbocycles. The Kier molecular flexibility index (Phi) is 9.74. The molecular weight excluding hydrogens is 440 g/mol. The highest BCUT2D eigenvalue weighted by molar-refractivity contribution is 5.69. The molecule has 0 bridgehead atoms. The van der Waals surface area contributed by atoms with Crippen molar-refractivity contribution < 1.29 is 24.1 Å². The largest absolute Gasteiger partial charge is 0.493 e. The third-order valence-corrected chi connectivity index (χ3v) is 6.15. The van der Waals surface area contributed by atoms with Crippen LogP contribution in [0.3, 0.4) is 0 Å². The lowest BCUT2D eigenvalue weighted by Gasteiger charge is -2.21. The summed E-state index contributed by atoms with van der Waals surface area (Å²) in [5.41, 5.74) is 4.97. The first kappa shape index (κ1) is 26.3. The van der Waals surface area contributed by atoms with E-state index in [9.17, 15) is 9.90 Å². The van der Waals surface area contributed by atoms with E-state index in [0.29, 0.717) is 31.6 Å². The average Bonchev–Trinajstić information content (AvgIpc) is 2.88. The number of aliphatic hydroxyl groups excluding tert-OH is 1. The van der Waals surface area contributed by atoms with E-state index in [4.69, 9.17) is 14.2 Å². The first-order chi connectivity index (χ1) is 16.9. The van der Waals surface area contributed by atoms with Crippen molar-refractivity contribution in [1.82, 2.24) is 0 Å². The number of esters is 1. The highest BCUT2D eigenvalue weighted by Crippen LogP contribution is 2.32. The third kappa shape index (κ3) is 7.59. The highest BCUT2D eigenvalue weighted by atomic mass is 16.5. The molecule has 1 unspecified atom stereocenters. The summed E-state index contributed by atoms with van der Waals surface area (Å²) in [6.07, 6.45) is 1.76. The molecule has 0 aliphatic heterocycles. The summed E-state index contributed by atoms with van der Waals surface area (Å²) in [7, 11) is 1.41. The Bertz CT molecular complexity index is 1090. The van der Waals surface area contributed by atoms with Crippen molar-refractivity contribution in [2.45, 2.75) is 58.7 Å². The topological polar surface area (TPSA) is 65.0 Å². The number of aliphatic hydroxyl groups is 1. The zero-order valence-corrected chi connectivity index (χ0v) is 21.1. The fourth-order valence-corrected chi connectivity index (χ4v) is 3.95. The molecule has 0 aliphatic carbocycles. The Morgan fingerprint density at radius 3 is 2.49 bits per heavy atom. The average molecular weight is 477 g/mol. The summed E-state index contributed by atoms with van der Waals surface area (Å²) in [5.74, 6) is 1.28. The second kappa shape index (κ2) is 13.0. The molecule has 5 nitrogen and oxygen atoms in total. The van der Waals surface area contributed by atoms with Crippen LogP contribution in [0.25, 0.3) is 0 Å². The number of hydrogen-bond donors (Lipinski definition) is 1. The molecule has 0 fully saturated rings. The van der Waals surface area contributed by atoms with Gasteiger partial charge in [-0.1, -0.05) is 49.4 Å². The fraction of sp³-hybridized carbons (Fsp3) is 0.367. The van der Waals surface area contributed by atoms with Gasteiger partial charge in [-0.25, -0.2) is 0 Å². The van der Waals surface area contributed by atoms with Gasteiger partial charge in [0, 0.05) is 18.4 Å². The van der Waals surface area contributed by atoms with Crippen LogP contribution in [0.2, 0.25) is 0 Å². The van der Waals surface area contributed by atoms with Crippen LogP contribution in [0, 0.1) is 6.92 Å².